The Balaban J connectivity index is 2.13. The number of hydrogen-bond acceptors (Lipinski definition) is 3. The van der Waals surface area contributed by atoms with Crippen LogP contribution in [0.25, 0.3) is 0 Å². The Kier molecular flexibility index (Phi) is 1.60. The summed E-state index contributed by atoms with van der Waals surface area (Å²) in [6.45, 7) is 0. The van der Waals surface area contributed by atoms with Gasteiger partial charge in [0, 0.05) is 5.92 Å². The van der Waals surface area contributed by atoms with Gasteiger partial charge in [-0.2, -0.15) is 0 Å². The third-order valence-electron chi connectivity index (χ3n) is 2.73. The van der Waals surface area contributed by atoms with Crippen molar-refractivity contribution in [3.8, 4) is 0 Å². The molecule has 1 heterocycles. The Morgan fingerprint density at radius 3 is 2.82 bits per heavy atom. The van der Waals surface area contributed by atoms with E-state index in [-0.39, 0.29) is 17.8 Å². The van der Waals surface area contributed by atoms with Crippen molar-refractivity contribution in [1.82, 2.24) is 0 Å². The highest BCUT2D eigenvalue weighted by molar-refractivity contribution is 5.75. The summed E-state index contributed by atoms with van der Waals surface area (Å²) < 4.78 is 4.72. The number of esters is 1. The van der Waals surface area contributed by atoms with E-state index in [1.807, 2.05) is 0 Å². The predicted octanol–water partition coefficient (Wildman–Crippen LogP) is 0.668. The monoisotopic (exact) mass is 156 g/mol. The van der Waals surface area contributed by atoms with Crippen LogP contribution in [0, 0.1) is 11.8 Å². The summed E-state index contributed by atoms with van der Waals surface area (Å²) in [5.41, 5.74) is 0. The number of carbonyl (C=O) groups excluding carboxylic acids is 1. The molecule has 0 aromatic heterocycles. The molecular weight excluding hydrogens is 144 g/mol. The minimum Gasteiger partial charge on any atom is -0.435 e. The molecule has 0 spiro atoms. The second-order valence-corrected chi connectivity index (χ2v) is 3.38. The van der Waals surface area contributed by atoms with E-state index in [9.17, 15) is 9.90 Å². The molecule has 1 unspecified atom stereocenters. The van der Waals surface area contributed by atoms with Gasteiger partial charge in [-0.1, -0.05) is 12.8 Å². The fourth-order valence-corrected chi connectivity index (χ4v) is 2.09. The smallest absolute Gasteiger partial charge is 0.311 e. The molecule has 1 saturated carbocycles. The molecule has 3 heteroatoms. The quantitative estimate of drug-likeness (QED) is 0.524. The largest absolute Gasteiger partial charge is 0.435 e. The topological polar surface area (TPSA) is 46.5 Å². The molecule has 1 N–H and O–H groups in total. The van der Waals surface area contributed by atoms with Gasteiger partial charge in [0.15, 0.2) is 0 Å². The summed E-state index contributed by atoms with van der Waals surface area (Å²) in [6.07, 6.45) is 3.25. The standard InChI is InChI=1S/C8H12O3/c9-7-5-3-1-2-4-6(5)8(10)11-7/h5-7,9H,1-4H2/t5-,6+,7?/m1/s1. The summed E-state index contributed by atoms with van der Waals surface area (Å²) in [5, 5.41) is 9.25. The van der Waals surface area contributed by atoms with Crippen LogP contribution in [0.5, 0.6) is 0 Å². The third-order valence-corrected chi connectivity index (χ3v) is 2.73. The zero-order valence-electron chi connectivity index (χ0n) is 6.32. The second-order valence-electron chi connectivity index (χ2n) is 3.38. The number of ether oxygens (including phenoxy) is 1. The van der Waals surface area contributed by atoms with E-state index in [4.69, 9.17) is 4.74 Å². The van der Waals surface area contributed by atoms with Crippen LogP contribution in [0.1, 0.15) is 25.7 Å². The predicted molar refractivity (Wildman–Crippen MR) is 37.5 cm³/mol. The molecule has 1 aliphatic carbocycles. The van der Waals surface area contributed by atoms with Crippen molar-refractivity contribution in [3.63, 3.8) is 0 Å². The summed E-state index contributed by atoms with van der Waals surface area (Å²) in [6, 6.07) is 0. The number of rotatable bonds is 0. The highest BCUT2D eigenvalue weighted by atomic mass is 16.6. The first-order chi connectivity index (χ1) is 5.29. The van der Waals surface area contributed by atoms with Gasteiger partial charge in [-0.3, -0.25) is 4.79 Å². The lowest BCUT2D eigenvalue weighted by atomic mass is 9.81. The number of aliphatic hydroxyl groups excluding tert-OH is 1. The van der Waals surface area contributed by atoms with Gasteiger partial charge >= 0.3 is 5.97 Å². The first-order valence-corrected chi connectivity index (χ1v) is 4.17. The van der Waals surface area contributed by atoms with Crippen LogP contribution in [0.3, 0.4) is 0 Å². The van der Waals surface area contributed by atoms with Crippen molar-refractivity contribution in [1.29, 1.82) is 0 Å². The van der Waals surface area contributed by atoms with Gasteiger partial charge < -0.3 is 9.84 Å². The number of fused-ring (bicyclic) bond motifs is 1. The van der Waals surface area contributed by atoms with Gasteiger partial charge in [0.2, 0.25) is 6.29 Å². The lowest BCUT2D eigenvalue weighted by Crippen LogP contribution is -2.23. The van der Waals surface area contributed by atoms with Crippen molar-refractivity contribution in [2.24, 2.45) is 11.8 Å². The van der Waals surface area contributed by atoms with Gasteiger partial charge in [0.1, 0.15) is 0 Å². The van der Waals surface area contributed by atoms with Crippen molar-refractivity contribution >= 4 is 5.97 Å². The highest BCUT2D eigenvalue weighted by Crippen LogP contribution is 2.38. The molecule has 2 fully saturated rings. The summed E-state index contributed by atoms with van der Waals surface area (Å²) in [4.78, 5) is 11.0. The minimum atomic E-state index is -0.812. The molecule has 0 aromatic carbocycles. The summed E-state index contributed by atoms with van der Waals surface area (Å²) >= 11 is 0. The average molecular weight is 156 g/mol. The maximum absolute atomic E-state index is 11.0. The van der Waals surface area contributed by atoms with Gasteiger partial charge in [-0.25, -0.2) is 0 Å². The first-order valence-electron chi connectivity index (χ1n) is 4.17. The number of cyclic esters (lactones) is 1. The van der Waals surface area contributed by atoms with Crippen LogP contribution in [0.4, 0.5) is 0 Å². The maximum atomic E-state index is 11.0. The van der Waals surface area contributed by atoms with E-state index in [0.717, 1.165) is 25.7 Å². The van der Waals surface area contributed by atoms with Gasteiger partial charge in [-0.05, 0) is 12.8 Å². The Morgan fingerprint density at radius 2 is 2.09 bits per heavy atom. The number of carbonyl (C=O) groups is 1. The normalized spacial score (nSPS) is 43.4. The van der Waals surface area contributed by atoms with Crippen LogP contribution in [-0.4, -0.2) is 17.4 Å². The van der Waals surface area contributed by atoms with Crippen molar-refractivity contribution < 1.29 is 14.6 Å². The summed E-state index contributed by atoms with van der Waals surface area (Å²) in [5.74, 6) is -0.0998. The van der Waals surface area contributed by atoms with Crippen LogP contribution < -0.4 is 0 Å². The molecule has 1 aliphatic heterocycles. The van der Waals surface area contributed by atoms with Gasteiger partial charge in [0.25, 0.3) is 0 Å². The van der Waals surface area contributed by atoms with Gasteiger partial charge in [0.05, 0.1) is 5.92 Å². The van der Waals surface area contributed by atoms with Crippen LogP contribution in [0.2, 0.25) is 0 Å². The van der Waals surface area contributed by atoms with Crippen molar-refractivity contribution in [3.05, 3.63) is 0 Å². The van der Waals surface area contributed by atoms with Crippen LogP contribution in [0.15, 0.2) is 0 Å². The fourth-order valence-electron chi connectivity index (χ4n) is 2.09. The van der Waals surface area contributed by atoms with E-state index >= 15 is 0 Å². The lowest BCUT2D eigenvalue weighted by Gasteiger charge is -2.21. The van der Waals surface area contributed by atoms with Crippen LogP contribution >= 0.6 is 0 Å². The fraction of sp³-hybridized carbons (Fsp3) is 0.875. The zero-order valence-corrected chi connectivity index (χ0v) is 6.32. The average Bonchev–Trinajstić information content (AvgIpc) is 2.30. The second kappa shape index (κ2) is 2.48. The van der Waals surface area contributed by atoms with Gasteiger partial charge in [-0.15, -0.1) is 0 Å². The Morgan fingerprint density at radius 1 is 1.36 bits per heavy atom. The SMILES string of the molecule is O=C1OC(O)[C@@H]2CCCC[C@H]12. The summed E-state index contributed by atoms with van der Waals surface area (Å²) in [7, 11) is 0. The first kappa shape index (κ1) is 7.10. The Hall–Kier alpha value is -0.570. The molecule has 0 bridgehead atoms. The maximum Gasteiger partial charge on any atom is 0.311 e. The number of aliphatic hydroxyl groups is 1. The molecule has 62 valence electrons. The van der Waals surface area contributed by atoms with E-state index in [1.54, 1.807) is 0 Å². The molecule has 3 nitrogen and oxygen atoms in total. The Labute approximate surface area is 65.4 Å². The molecule has 0 amide bonds. The van der Waals surface area contributed by atoms with Crippen molar-refractivity contribution in [2.75, 3.05) is 0 Å². The number of hydrogen-bond donors (Lipinski definition) is 1. The lowest BCUT2D eigenvalue weighted by molar-refractivity contribution is -0.156. The van der Waals surface area contributed by atoms with Crippen LogP contribution in [-0.2, 0) is 9.53 Å². The van der Waals surface area contributed by atoms with E-state index in [1.165, 1.54) is 0 Å². The third kappa shape index (κ3) is 1.03. The van der Waals surface area contributed by atoms with E-state index < -0.39 is 6.29 Å². The highest BCUT2D eigenvalue weighted by Gasteiger charge is 2.44. The molecule has 0 radical (unpaired) electrons. The Bertz CT molecular complexity index is 178. The zero-order chi connectivity index (χ0) is 7.84. The molecule has 3 atom stereocenters. The molecule has 1 saturated heterocycles. The molecule has 2 aliphatic rings. The molecule has 11 heavy (non-hydrogen) atoms. The van der Waals surface area contributed by atoms with E-state index in [0.29, 0.717) is 0 Å². The van der Waals surface area contributed by atoms with E-state index in [2.05, 4.69) is 0 Å². The molecule has 0 aromatic rings. The molecular formula is C8H12O3. The minimum absolute atomic E-state index is 0.00116. The molecule has 2 rings (SSSR count). The van der Waals surface area contributed by atoms with Crippen molar-refractivity contribution in [2.45, 2.75) is 32.0 Å².